The second-order valence-corrected chi connectivity index (χ2v) is 14.6. The Morgan fingerprint density at radius 1 is 0.717 bits per heavy atom. The molecule has 2 aromatic carbocycles. The van der Waals surface area contributed by atoms with Crippen molar-refractivity contribution in [3.63, 3.8) is 0 Å². The zero-order valence-corrected chi connectivity index (χ0v) is 30.4. The van der Waals surface area contributed by atoms with E-state index in [2.05, 4.69) is 32.8 Å². The minimum absolute atomic E-state index is 0.238. The highest BCUT2D eigenvalue weighted by atomic mass is 79.9. The van der Waals surface area contributed by atoms with Crippen molar-refractivity contribution in [1.82, 2.24) is 0 Å². The third-order valence-corrected chi connectivity index (χ3v) is 10.5. The van der Waals surface area contributed by atoms with Gasteiger partial charge in [0.15, 0.2) is 0 Å². The first-order valence-electron chi connectivity index (χ1n) is 14.5. The lowest BCUT2D eigenvalue weighted by molar-refractivity contribution is 0.00578. The normalized spacial score (nSPS) is 14.8. The molecular formula is C34H38BBrO8S2. The molecule has 4 aromatic rings. The Labute approximate surface area is 287 Å². The van der Waals surface area contributed by atoms with Crippen LogP contribution >= 0.6 is 39.5 Å². The molecule has 0 atom stereocenters. The van der Waals surface area contributed by atoms with Gasteiger partial charge in [0.25, 0.3) is 0 Å². The Balaban J connectivity index is 0.000000222. The summed E-state index contributed by atoms with van der Waals surface area (Å²) in [7, 11) is 2.33. The van der Waals surface area contributed by atoms with Crippen LogP contribution in [0.5, 0.6) is 0 Å². The fourth-order valence-electron chi connectivity index (χ4n) is 4.28. The van der Waals surface area contributed by atoms with Crippen molar-refractivity contribution >= 4 is 64.0 Å². The highest BCUT2D eigenvalue weighted by molar-refractivity contribution is 9.10. The first-order valence-corrected chi connectivity index (χ1v) is 17.3. The molecule has 0 amide bonds. The van der Waals surface area contributed by atoms with Crippen molar-refractivity contribution in [2.75, 3.05) is 14.2 Å². The van der Waals surface area contributed by atoms with E-state index in [0.29, 0.717) is 5.75 Å². The summed E-state index contributed by atoms with van der Waals surface area (Å²) >= 11 is 6.78. The van der Waals surface area contributed by atoms with Crippen LogP contribution in [0.2, 0.25) is 0 Å². The monoisotopic (exact) mass is 728 g/mol. The lowest BCUT2D eigenvalue weighted by Crippen LogP contribution is -2.41. The molecule has 0 aliphatic carbocycles. The second kappa shape index (κ2) is 15.3. The van der Waals surface area contributed by atoms with Crippen molar-refractivity contribution in [3.8, 4) is 0 Å². The topological polar surface area (TPSA) is 97.3 Å². The predicted molar refractivity (Wildman–Crippen MR) is 185 cm³/mol. The maximum absolute atomic E-state index is 11.6. The van der Waals surface area contributed by atoms with Crippen molar-refractivity contribution < 1.29 is 37.2 Å². The van der Waals surface area contributed by atoms with Crippen molar-refractivity contribution in [1.29, 1.82) is 0 Å². The summed E-state index contributed by atoms with van der Waals surface area (Å²) in [5.41, 5.74) is 2.30. The number of methoxy groups -OCH3 is 2. The van der Waals surface area contributed by atoms with Gasteiger partial charge in [0.2, 0.25) is 11.5 Å². The molecule has 1 aliphatic rings. The van der Waals surface area contributed by atoms with Crippen LogP contribution in [0.4, 0.5) is 0 Å². The lowest BCUT2D eigenvalue weighted by Gasteiger charge is -2.32. The molecule has 8 nitrogen and oxygen atoms in total. The molecule has 0 unspecified atom stereocenters. The average molecular weight is 730 g/mol. The third-order valence-electron chi connectivity index (χ3n) is 7.82. The number of carbonyl (C=O) groups excluding carboxylic acids is 2. The Kier molecular flexibility index (Phi) is 12.0. The zero-order chi connectivity index (χ0) is 33.6. The van der Waals surface area contributed by atoms with Gasteiger partial charge in [-0.15, -0.1) is 23.5 Å². The molecule has 3 heterocycles. The Morgan fingerprint density at radius 3 is 1.50 bits per heavy atom. The van der Waals surface area contributed by atoms with Gasteiger partial charge in [-0.05, 0) is 95.5 Å². The standard InChI is InChI=1S/C20H25BO5S.C14H13BrO3S/c1-13-14(11-17(24-13)18(22)23-6)12-27-16-9-7-15(8-10-16)21-25-19(2,3)20(4,5)26-21;1-9-10(7-13(18-9)14(16)17-2)8-19-12-5-3-11(15)4-6-12/h7-11H,12H2,1-6H3;3-7H,8H2,1-2H3. The van der Waals surface area contributed by atoms with Crippen LogP contribution in [-0.2, 0) is 30.3 Å². The molecule has 0 bridgehead atoms. The number of carbonyl (C=O) groups is 2. The minimum atomic E-state index is -0.457. The van der Waals surface area contributed by atoms with E-state index < -0.39 is 11.9 Å². The van der Waals surface area contributed by atoms with E-state index in [9.17, 15) is 9.59 Å². The van der Waals surface area contributed by atoms with Crippen LogP contribution in [0.15, 0.2) is 83.8 Å². The van der Waals surface area contributed by atoms with Crippen LogP contribution in [0.3, 0.4) is 0 Å². The number of esters is 2. The molecule has 0 spiro atoms. The van der Waals surface area contributed by atoms with Gasteiger partial charge in [-0.1, -0.05) is 28.1 Å². The summed E-state index contributed by atoms with van der Waals surface area (Å²) in [4.78, 5) is 25.2. The SMILES string of the molecule is COC(=O)c1cc(CSc2ccc(B3OC(C)(C)C(C)(C)O3)cc2)c(C)o1.COC(=O)c1cc(CSc2ccc(Br)cc2)c(C)o1. The lowest BCUT2D eigenvalue weighted by atomic mass is 9.79. The van der Waals surface area contributed by atoms with E-state index >= 15 is 0 Å². The number of rotatable bonds is 9. The van der Waals surface area contributed by atoms with E-state index in [1.54, 1.807) is 35.7 Å². The highest BCUT2D eigenvalue weighted by Gasteiger charge is 2.51. The van der Waals surface area contributed by atoms with E-state index in [1.807, 2.05) is 77.9 Å². The molecule has 46 heavy (non-hydrogen) atoms. The number of benzene rings is 2. The molecule has 244 valence electrons. The van der Waals surface area contributed by atoms with E-state index in [-0.39, 0.29) is 29.8 Å². The zero-order valence-electron chi connectivity index (χ0n) is 27.2. The summed E-state index contributed by atoms with van der Waals surface area (Å²) in [6, 6.07) is 19.8. The van der Waals surface area contributed by atoms with E-state index in [0.717, 1.165) is 43.2 Å². The molecule has 0 saturated carbocycles. The predicted octanol–water partition coefficient (Wildman–Crippen LogP) is 8.40. The average Bonchev–Trinajstić information content (AvgIpc) is 3.66. The maximum Gasteiger partial charge on any atom is 0.494 e. The van der Waals surface area contributed by atoms with Gasteiger partial charge in [-0.3, -0.25) is 0 Å². The van der Waals surface area contributed by atoms with Crippen LogP contribution in [-0.4, -0.2) is 44.5 Å². The first-order chi connectivity index (χ1) is 21.7. The van der Waals surface area contributed by atoms with Gasteiger partial charge in [-0.2, -0.15) is 0 Å². The third kappa shape index (κ3) is 8.92. The van der Waals surface area contributed by atoms with Gasteiger partial charge in [0.05, 0.1) is 25.4 Å². The summed E-state index contributed by atoms with van der Waals surface area (Å²) in [5, 5.41) is 0. The quantitative estimate of drug-likeness (QED) is 0.0950. The number of ether oxygens (including phenoxy) is 2. The Hall–Kier alpha value is -2.90. The van der Waals surface area contributed by atoms with Crippen molar-refractivity contribution in [3.05, 3.63) is 99.3 Å². The second-order valence-electron chi connectivity index (χ2n) is 11.6. The smallest absolute Gasteiger partial charge is 0.463 e. The molecule has 0 N–H and O–H groups in total. The first kappa shape index (κ1) is 35.9. The van der Waals surface area contributed by atoms with Crippen LogP contribution < -0.4 is 5.46 Å². The van der Waals surface area contributed by atoms with Gasteiger partial charge in [0.1, 0.15) is 11.5 Å². The fraction of sp³-hybridized carbons (Fsp3) is 0.353. The van der Waals surface area contributed by atoms with Crippen LogP contribution in [0.25, 0.3) is 0 Å². The van der Waals surface area contributed by atoms with Crippen LogP contribution in [0.1, 0.15) is 71.5 Å². The van der Waals surface area contributed by atoms with Crippen molar-refractivity contribution in [2.24, 2.45) is 0 Å². The number of halogens is 1. The van der Waals surface area contributed by atoms with Gasteiger partial charge < -0.3 is 27.6 Å². The molecule has 1 aliphatic heterocycles. The molecular weight excluding hydrogens is 691 g/mol. The van der Waals surface area contributed by atoms with Gasteiger partial charge >= 0.3 is 19.1 Å². The van der Waals surface area contributed by atoms with E-state index in [1.165, 1.54) is 19.1 Å². The number of thioether (sulfide) groups is 2. The summed E-state index contributed by atoms with van der Waals surface area (Å²) in [6.07, 6.45) is 0. The fourth-order valence-corrected chi connectivity index (χ4v) is 6.42. The molecule has 2 aromatic heterocycles. The Morgan fingerprint density at radius 2 is 1.11 bits per heavy atom. The van der Waals surface area contributed by atoms with Gasteiger partial charge in [-0.25, -0.2) is 9.59 Å². The van der Waals surface area contributed by atoms with Crippen LogP contribution in [0, 0.1) is 13.8 Å². The molecule has 1 saturated heterocycles. The molecule has 1 fully saturated rings. The summed E-state index contributed by atoms with van der Waals surface area (Å²) in [5.74, 6) is 2.55. The minimum Gasteiger partial charge on any atom is -0.463 e. The number of aryl methyl sites for hydroxylation is 2. The van der Waals surface area contributed by atoms with E-state index in [4.69, 9.17) is 22.9 Å². The molecule has 0 radical (unpaired) electrons. The summed E-state index contributed by atoms with van der Waals surface area (Å²) in [6.45, 7) is 11.9. The molecule has 12 heteroatoms. The maximum atomic E-state index is 11.6. The number of hydrogen-bond donors (Lipinski definition) is 0. The van der Waals surface area contributed by atoms with Crippen molar-refractivity contribution in [2.45, 2.75) is 74.0 Å². The Bertz CT molecular complexity index is 1630. The molecule has 5 rings (SSSR count). The number of hydrogen-bond acceptors (Lipinski definition) is 10. The highest BCUT2D eigenvalue weighted by Crippen LogP contribution is 2.36. The number of furan rings is 2. The largest absolute Gasteiger partial charge is 0.494 e. The summed E-state index contributed by atoms with van der Waals surface area (Å²) < 4.78 is 33.4. The van der Waals surface area contributed by atoms with Gasteiger partial charge in [0, 0.05) is 36.9 Å².